The van der Waals surface area contributed by atoms with Crippen molar-refractivity contribution in [2.75, 3.05) is 12.3 Å². The average molecular weight is 267 g/mol. The Bertz CT molecular complexity index is 614. The normalized spacial score (nSPS) is 20.7. The number of halogens is 1. The van der Waals surface area contributed by atoms with E-state index < -0.39 is 15.7 Å². The first-order valence-electron chi connectivity index (χ1n) is 5.70. The monoisotopic (exact) mass is 267 g/mol. The Labute approximate surface area is 106 Å². The average Bonchev–Trinajstić information content (AvgIpc) is 2.32. The van der Waals surface area contributed by atoms with Gasteiger partial charge in [0, 0.05) is 6.04 Å². The van der Waals surface area contributed by atoms with Gasteiger partial charge in [-0.15, -0.1) is 5.92 Å². The molecular weight excluding hydrogens is 253 g/mol. The zero-order valence-electron chi connectivity index (χ0n) is 10.0. The van der Waals surface area contributed by atoms with Gasteiger partial charge in [0.05, 0.1) is 17.2 Å². The van der Waals surface area contributed by atoms with Crippen molar-refractivity contribution in [3.8, 4) is 11.8 Å². The molecule has 1 heterocycles. The Balaban J connectivity index is 2.37. The highest BCUT2D eigenvalue weighted by atomic mass is 32.2. The standard InChI is InChI=1S/C13H14FNO2S/c1-2-3-7-15-12-6-8-18(16,17)13-5-4-10(14)9-11(12)13/h4-5,9,12,15H,6-8H2,1H3. The van der Waals surface area contributed by atoms with Crippen molar-refractivity contribution in [1.82, 2.24) is 5.32 Å². The SMILES string of the molecule is CC#CCNC1CCS(=O)(=O)c2ccc(F)cc21. The van der Waals surface area contributed by atoms with E-state index >= 15 is 0 Å². The number of hydrogen-bond acceptors (Lipinski definition) is 3. The van der Waals surface area contributed by atoms with Gasteiger partial charge in [-0.05, 0) is 37.1 Å². The van der Waals surface area contributed by atoms with Gasteiger partial charge in [-0.25, -0.2) is 12.8 Å². The molecule has 1 aliphatic heterocycles. The summed E-state index contributed by atoms with van der Waals surface area (Å²) in [5.41, 5.74) is 0.513. The summed E-state index contributed by atoms with van der Waals surface area (Å²) in [7, 11) is -3.27. The summed E-state index contributed by atoms with van der Waals surface area (Å²) in [6.07, 6.45) is 0.449. The fourth-order valence-electron chi connectivity index (χ4n) is 2.09. The molecule has 0 aliphatic carbocycles. The molecule has 3 nitrogen and oxygen atoms in total. The van der Waals surface area contributed by atoms with Gasteiger partial charge in [0.1, 0.15) is 5.82 Å². The summed E-state index contributed by atoms with van der Waals surface area (Å²) >= 11 is 0. The Morgan fingerprint density at radius 3 is 3.00 bits per heavy atom. The van der Waals surface area contributed by atoms with Crippen LogP contribution in [0.5, 0.6) is 0 Å². The maximum atomic E-state index is 13.3. The zero-order valence-corrected chi connectivity index (χ0v) is 10.8. The zero-order chi connectivity index (χ0) is 13.2. The minimum atomic E-state index is -3.27. The van der Waals surface area contributed by atoms with Crippen LogP contribution in [-0.2, 0) is 9.84 Å². The van der Waals surface area contributed by atoms with Gasteiger partial charge >= 0.3 is 0 Å². The Morgan fingerprint density at radius 1 is 1.50 bits per heavy atom. The van der Waals surface area contributed by atoms with E-state index in [1.807, 2.05) is 0 Å². The molecule has 0 spiro atoms. The maximum Gasteiger partial charge on any atom is 0.178 e. The second-order valence-electron chi connectivity index (χ2n) is 4.15. The van der Waals surface area contributed by atoms with E-state index in [2.05, 4.69) is 17.2 Å². The minimum absolute atomic E-state index is 0.0862. The molecule has 0 saturated heterocycles. The first-order chi connectivity index (χ1) is 8.54. The predicted octanol–water partition coefficient (Wildman–Crippen LogP) is 1.66. The van der Waals surface area contributed by atoms with Crippen molar-refractivity contribution < 1.29 is 12.8 Å². The second kappa shape index (κ2) is 5.09. The van der Waals surface area contributed by atoms with Crippen LogP contribution in [0, 0.1) is 17.7 Å². The summed E-state index contributed by atoms with van der Waals surface area (Å²) in [6, 6.07) is 3.67. The molecule has 1 aromatic rings. The molecule has 0 saturated carbocycles. The van der Waals surface area contributed by atoms with Crippen molar-refractivity contribution in [3.63, 3.8) is 0 Å². The van der Waals surface area contributed by atoms with E-state index in [9.17, 15) is 12.8 Å². The topological polar surface area (TPSA) is 46.2 Å². The minimum Gasteiger partial charge on any atom is -0.299 e. The fraction of sp³-hybridized carbons (Fsp3) is 0.385. The highest BCUT2D eigenvalue weighted by Crippen LogP contribution is 2.32. The molecule has 1 unspecified atom stereocenters. The smallest absolute Gasteiger partial charge is 0.178 e. The molecule has 0 aromatic heterocycles. The molecule has 1 aliphatic rings. The van der Waals surface area contributed by atoms with Crippen LogP contribution in [0.15, 0.2) is 23.1 Å². The third-order valence-electron chi connectivity index (χ3n) is 2.97. The summed E-state index contributed by atoms with van der Waals surface area (Å²) in [5, 5.41) is 3.14. The van der Waals surface area contributed by atoms with Crippen LogP contribution in [0.3, 0.4) is 0 Å². The molecule has 5 heteroatoms. The van der Waals surface area contributed by atoms with Gasteiger partial charge in [-0.3, -0.25) is 5.32 Å². The highest BCUT2D eigenvalue weighted by Gasteiger charge is 2.30. The van der Waals surface area contributed by atoms with Gasteiger partial charge in [-0.1, -0.05) is 5.92 Å². The summed E-state index contributed by atoms with van der Waals surface area (Å²) in [5.74, 6) is 5.28. The van der Waals surface area contributed by atoms with Crippen LogP contribution in [0.2, 0.25) is 0 Å². The van der Waals surface area contributed by atoms with E-state index in [1.54, 1.807) is 6.92 Å². The van der Waals surface area contributed by atoms with Crippen molar-refractivity contribution >= 4 is 9.84 Å². The lowest BCUT2D eigenvalue weighted by Gasteiger charge is -2.25. The lowest BCUT2D eigenvalue weighted by Crippen LogP contribution is -2.30. The molecule has 0 amide bonds. The number of hydrogen-bond donors (Lipinski definition) is 1. The van der Waals surface area contributed by atoms with Gasteiger partial charge in [-0.2, -0.15) is 0 Å². The maximum absolute atomic E-state index is 13.3. The van der Waals surface area contributed by atoms with E-state index in [0.29, 0.717) is 18.5 Å². The fourth-order valence-corrected chi connectivity index (χ4v) is 3.69. The molecule has 0 bridgehead atoms. The number of fused-ring (bicyclic) bond motifs is 1. The number of benzene rings is 1. The molecule has 2 rings (SSSR count). The third kappa shape index (κ3) is 2.55. The van der Waals surface area contributed by atoms with Crippen molar-refractivity contribution in [2.24, 2.45) is 0 Å². The quantitative estimate of drug-likeness (QED) is 0.655. The summed E-state index contributed by atoms with van der Waals surface area (Å²) in [4.78, 5) is 0.233. The van der Waals surface area contributed by atoms with Crippen molar-refractivity contribution in [1.29, 1.82) is 0 Å². The Kier molecular flexibility index (Phi) is 3.69. The first kappa shape index (κ1) is 13.1. The Hall–Kier alpha value is -1.38. The molecule has 18 heavy (non-hydrogen) atoms. The molecule has 1 aromatic carbocycles. The van der Waals surface area contributed by atoms with Gasteiger partial charge in [0.2, 0.25) is 0 Å². The van der Waals surface area contributed by atoms with Crippen LogP contribution >= 0.6 is 0 Å². The van der Waals surface area contributed by atoms with Crippen molar-refractivity contribution in [2.45, 2.75) is 24.3 Å². The number of nitrogens with one attached hydrogen (secondary N) is 1. The van der Waals surface area contributed by atoms with Gasteiger partial charge in [0.25, 0.3) is 0 Å². The molecule has 1 atom stereocenters. The summed E-state index contributed by atoms with van der Waals surface area (Å²) < 4.78 is 37.0. The highest BCUT2D eigenvalue weighted by molar-refractivity contribution is 7.91. The van der Waals surface area contributed by atoms with Crippen LogP contribution in [-0.4, -0.2) is 20.7 Å². The van der Waals surface area contributed by atoms with Crippen LogP contribution in [0.1, 0.15) is 24.9 Å². The lowest BCUT2D eigenvalue weighted by molar-refractivity contribution is 0.510. The summed E-state index contributed by atoms with van der Waals surface area (Å²) in [6.45, 7) is 2.21. The van der Waals surface area contributed by atoms with E-state index in [0.717, 1.165) is 0 Å². The number of rotatable bonds is 2. The molecular formula is C13H14FNO2S. The van der Waals surface area contributed by atoms with Crippen LogP contribution in [0.25, 0.3) is 0 Å². The molecule has 96 valence electrons. The van der Waals surface area contributed by atoms with E-state index in [1.165, 1.54) is 18.2 Å². The van der Waals surface area contributed by atoms with E-state index in [4.69, 9.17) is 0 Å². The van der Waals surface area contributed by atoms with Gasteiger partial charge < -0.3 is 0 Å². The predicted molar refractivity (Wildman–Crippen MR) is 67.3 cm³/mol. The molecule has 0 radical (unpaired) electrons. The van der Waals surface area contributed by atoms with Crippen LogP contribution in [0.4, 0.5) is 4.39 Å². The van der Waals surface area contributed by atoms with E-state index in [-0.39, 0.29) is 16.7 Å². The second-order valence-corrected chi connectivity index (χ2v) is 6.23. The van der Waals surface area contributed by atoms with Crippen molar-refractivity contribution in [3.05, 3.63) is 29.6 Å². The lowest BCUT2D eigenvalue weighted by atomic mass is 10.0. The van der Waals surface area contributed by atoms with Gasteiger partial charge in [0.15, 0.2) is 9.84 Å². The first-order valence-corrected chi connectivity index (χ1v) is 7.35. The Morgan fingerprint density at radius 2 is 2.28 bits per heavy atom. The molecule has 1 N–H and O–H groups in total. The number of sulfone groups is 1. The van der Waals surface area contributed by atoms with Crippen LogP contribution < -0.4 is 5.32 Å². The third-order valence-corrected chi connectivity index (χ3v) is 4.79. The molecule has 0 fully saturated rings. The largest absolute Gasteiger partial charge is 0.299 e.